The molecule has 0 aliphatic heterocycles. The molecular weight excluding hydrogens is 180 g/mol. The van der Waals surface area contributed by atoms with Crippen LogP contribution < -0.4 is 5.73 Å². The third-order valence-corrected chi connectivity index (χ3v) is 2.39. The maximum Gasteiger partial charge on any atom is 0.239 e. The SMILES string of the molecule is C[C@H](N)C(=O)N(C)CCOCC1CC1. The highest BCUT2D eigenvalue weighted by Crippen LogP contribution is 2.28. The van der Waals surface area contributed by atoms with Crippen molar-refractivity contribution in [2.24, 2.45) is 11.7 Å². The molecule has 0 aromatic heterocycles. The van der Waals surface area contributed by atoms with Crippen LogP contribution in [0.3, 0.4) is 0 Å². The van der Waals surface area contributed by atoms with Crippen LogP contribution in [-0.2, 0) is 9.53 Å². The zero-order valence-corrected chi connectivity index (χ0v) is 9.03. The number of amides is 1. The molecule has 1 rings (SSSR count). The van der Waals surface area contributed by atoms with Crippen molar-refractivity contribution in [3.05, 3.63) is 0 Å². The van der Waals surface area contributed by atoms with Gasteiger partial charge in [0.25, 0.3) is 0 Å². The number of ether oxygens (including phenoxy) is 1. The Morgan fingerprint density at radius 3 is 2.79 bits per heavy atom. The van der Waals surface area contributed by atoms with Gasteiger partial charge in [-0.2, -0.15) is 0 Å². The molecule has 1 atom stereocenters. The standard InChI is InChI=1S/C10H20N2O2/c1-8(11)10(13)12(2)5-6-14-7-9-3-4-9/h8-9H,3-7,11H2,1-2H3/t8-/m0/s1. The summed E-state index contributed by atoms with van der Waals surface area (Å²) >= 11 is 0. The monoisotopic (exact) mass is 200 g/mol. The lowest BCUT2D eigenvalue weighted by Crippen LogP contribution is -2.41. The van der Waals surface area contributed by atoms with Crippen LogP contribution in [-0.4, -0.2) is 43.7 Å². The molecule has 1 saturated carbocycles. The van der Waals surface area contributed by atoms with E-state index in [1.165, 1.54) is 12.8 Å². The minimum atomic E-state index is -0.413. The van der Waals surface area contributed by atoms with E-state index in [1.807, 2.05) is 0 Å². The van der Waals surface area contributed by atoms with Gasteiger partial charge in [0.05, 0.1) is 12.6 Å². The van der Waals surface area contributed by atoms with E-state index < -0.39 is 6.04 Å². The fraction of sp³-hybridized carbons (Fsp3) is 0.900. The number of hydrogen-bond acceptors (Lipinski definition) is 3. The lowest BCUT2D eigenvalue weighted by atomic mass is 10.3. The molecular formula is C10H20N2O2. The molecule has 0 spiro atoms. The topological polar surface area (TPSA) is 55.6 Å². The van der Waals surface area contributed by atoms with Gasteiger partial charge >= 0.3 is 0 Å². The van der Waals surface area contributed by atoms with Gasteiger partial charge in [-0.05, 0) is 25.7 Å². The Balaban J connectivity index is 2.01. The van der Waals surface area contributed by atoms with Gasteiger partial charge in [0.2, 0.25) is 5.91 Å². The zero-order chi connectivity index (χ0) is 10.6. The van der Waals surface area contributed by atoms with Crippen LogP contribution in [0.2, 0.25) is 0 Å². The summed E-state index contributed by atoms with van der Waals surface area (Å²) in [6.45, 7) is 3.79. The number of carbonyl (C=O) groups is 1. The van der Waals surface area contributed by atoms with Crippen molar-refractivity contribution in [2.75, 3.05) is 26.8 Å². The van der Waals surface area contributed by atoms with E-state index in [0.29, 0.717) is 13.2 Å². The van der Waals surface area contributed by atoms with Gasteiger partial charge in [-0.15, -0.1) is 0 Å². The molecule has 4 heteroatoms. The molecule has 82 valence electrons. The predicted octanol–water partition coefficient (Wildman–Crippen LogP) is 0.219. The summed E-state index contributed by atoms with van der Waals surface area (Å²) in [6.07, 6.45) is 2.60. The van der Waals surface area contributed by atoms with Crippen molar-refractivity contribution in [1.29, 1.82) is 0 Å². The lowest BCUT2D eigenvalue weighted by molar-refractivity contribution is -0.131. The summed E-state index contributed by atoms with van der Waals surface area (Å²) in [4.78, 5) is 13.0. The number of nitrogens with zero attached hydrogens (tertiary/aromatic N) is 1. The second kappa shape index (κ2) is 5.32. The van der Waals surface area contributed by atoms with Crippen molar-refractivity contribution in [3.63, 3.8) is 0 Å². The Morgan fingerprint density at radius 2 is 2.29 bits per heavy atom. The molecule has 0 aromatic carbocycles. The summed E-state index contributed by atoms with van der Waals surface area (Å²) in [7, 11) is 1.76. The summed E-state index contributed by atoms with van der Waals surface area (Å²) in [5.74, 6) is 0.754. The average Bonchev–Trinajstić information content (AvgIpc) is 2.94. The number of rotatable bonds is 6. The Morgan fingerprint density at radius 1 is 1.64 bits per heavy atom. The average molecular weight is 200 g/mol. The minimum Gasteiger partial charge on any atom is -0.379 e. The van der Waals surface area contributed by atoms with E-state index in [0.717, 1.165) is 12.5 Å². The lowest BCUT2D eigenvalue weighted by Gasteiger charge is -2.18. The summed E-state index contributed by atoms with van der Waals surface area (Å²) in [6, 6.07) is -0.413. The van der Waals surface area contributed by atoms with Crippen molar-refractivity contribution in [1.82, 2.24) is 4.90 Å². The van der Waals surface area contributed by atoms with E-state index >= 15 is 0 Å². The van der Waals surface area contributed by atoms with Crippen LogP contribution in [0.4, 0.5) is 0 Å². The van der Waals surface area contributed by atoms with Crippen molar-refractivity contribution >= 4 is 5.91 Å². The normalized spacial score (nSPS) is 17.9. The Hall–Kier alpha value is -0.610. The van der Waals surface area contributed by atoms with E-state index in [2.05, 4.69) is 0 Å². The molecule has 2 N–H and O–H groups in total. The predicted molar refractivity (Wildman–Crippen MR) is 54.8 cm³/mol. The van der Waals surface area contributed by atoms with Crippen molar-refractivity contribution in [2.45, 2.75) is 25.8 Å². The third-order valence-electron chi connectivity index (χ3n) is 2.39. The van der Waals surface area contributed by atoms with Gasteiger partial charge in [0, 0.05) is 20.2 Å². The summed E-state index contributed by atoms with van der Waals surface area (Å²) < 4.78 is 5.42. The summed E-state index contributed by atoms with van der Waals surface area (Å²) in [5.41, 5.74) is 5.47. The quantitative estimate of drug-likeness (QED) is 0.624. The molecule has 1 fully saturated rings. The Labute approximate surface area is 85.4 Å². The molecule has 0 radical (unpaired) electrons. The number of carbonyl (C=O) groups excluding carboxylic acids is 1. The molecule has 1 aliphatic carbocycles. The van der Waals surface area contributed by atoms with Crippen LogP contribution in [0.25, 0.3) is 0 Å². The molecule has 14 heavy (non-hydrogen) atoms. The van der Waals surface area contributed by atoms with E-state index in [1.54, 1.807) is 18.9 Å². The molecule has 4 nitrogen and oxygen atoms in total. The smallest absolute Gasteiger partial charge is 0.239 e. The largest absolute Gasteiger partial charge is 0.379 e. The van der Waals surface area contributed by atoms with Gasteiger partial charge < -0.3 is 15.4 Å². The van der Waals surface area contributed by atoms with E-state index in [9.17, 15) is 4.79 Å². The van der Waals surface area contributed by atoms with Crippen LogP contribution in [0.1, 0.15) is 19.8 Å². The second-order valence-electron chi connectivity index (χ2n) is 4.07. The highest BCUT2D eigenvalue weighted by molar-refractivity contribution is 5.80. The first-order valence-corrected chi connectivity index (χ1v) is 5.19. The number of hydrogen-bond donors (Lipinski definition) is 1. The first kappa shape index (κ1) is 11.5. The second-order valence-corrected chi connectivity index (χ2v) is 4.07. The highest BCUT2D eigenvalue weighted by atomic mass is 16.5. The fourth-order valence-electron chi connectivity index (χ4n) is 1.19. The first-order chi connectivity index (χ1) is 6.61. The van der Waals surface area contributed by atoms with Crippen LogP contribution >= 0.6 is 0 Å². The van der Waals surface area contributed by atoms with Gasteiger partial charge in [-0.25, -0.2) is 0 Å². The van der Waals surface area contributed by atoms with Gasteiger partial charge in [-0.3, -0.25) is 4.79 Å². The number of likely N-dealkylation sites (N-methyl/N-ethyl adjacent to an activating group) is 1. The third kappa shape index (κ3) is 4.07. The maximum atomic E-state index is 11.3. The molecule has 0 heterocycles. The summed E-state index contributed by atoms with van der Waals surface area (Å²) in [5, 5.41) is 0. The first-order valence-electron chi connectivity index (χ1n) is 5.19. The zero-order valence-electron chi connectivity index (χ0n) is 9.03. The Bertz CT molecular complexity index is 191. The minimum absolute atomic E-state index is 0.0278. The fourth-order valence-corrected chi connectivity index (χ4v) is 1.19. The van der Waals surface area contributed by atoms with Crippen LogP contribution in [0, 0.1) is 5.92 Å². The molecule has 0 saturated heterocycles. The molecule has 1 aliphatic rings. The molecule has 0 unspecified atom stereocenters. The maximum absolute atomic E-state index is 11.3. The van der Waals surface area contributed by atoms with Crippen LogP contribution in [0.15, 0.2) is 0 Å². The van der Waals surface area contributed by atoms with Crippen molar-refractivity contribution < 1.29 is 9.53 Å². The van der Waals surface area contributed by atoms with Crippen molar-refractivity contribution in [3.8, 4) is 0 Å². The molecule has 0 bridgehead atoms. The number of nitrogens with two attached hydrogens (primary N) is 1. The Kier molecular flexibility index (Phi) is 4.35. The van der Waals surface area contributed by atoms with Gasteiger partial charge in [-0.1, -0.05) is 0 Å². The highest BCUT2D eigenvalue weighted by Gasteiger charge is 2.21. The van der Waals surface area contributed by atoms with E-state index in [-0.39, 0.29) is 5.91 Å². The van der Waals surface area contributed by atoms with Gasteiger partial charge in [0.1, 0.15) is 0 Å². The van der Waals surface area contributed by atoms with E-state index in [4.69, 9.17) is 10.5 Å². The van der Waals surface area contributed by atoms with Gasteiger partial charge in [0.15, 0.2) is 0 Å². The molecule has 0 aromatic rings. The van der Waals surface area contributed by atoms with Crippen LogP contribution in [0.5, 0.6) is 0 Å². The molecule has 1 amide bonds.